The Morgan fingerprint density at radius 3 is 2.82 bits per heavy atom. The van der Waals surface area contributed by atoms with E-state index in [0.717, 1.165) is 27.9 Å². The molecule has 0 radical (unpaired) electrons. The molecular formula is C12H12N2O2S. The minimum Gasteiger partial charge on any atom is -0.486 e. The van der Waals surface area contributed by atoms with E-state index in [1.54, 1.807) is 11.3 Å². The van der Waals surface area contributed by atoms with Crippen molar-refractivity contribution in [1.29, 1.82) is 0 Å². The quantitative estimate of drug-likeness (QED) is 0.887. The molecule has 1 aliphatic rings. The summed E-state index contributed by atoms with van der Waals surface area (Å²) in [5.41, 5.74) is 2.00. The van der Waals surface area contributed by atoms with Gasteiger partial charge < -0.3 is 14.8 Å². The van der Waals surface area contributed by atoms with Gasteiger partial charge in [-0.2, -0.15) is 0 Å². The number of hydrogen-bond donors (Lipinski definition) is 1. The summed E-state index contributed by atoms with van der Waals surface area (Å²) in [5.74, 6) is 1.61. The van der Waals surface area contributed by atoms with Gasteiger partial charge in [-0.25, -0.2) is 4.98 Å². The van der Waals surface area contributed by atoms with Crippen LogP contribution in [0.4, 0.5) is 5.13 Å². The van der Waals surface area contributed by atoms with E-state index < -0.39 is 0 Å². The van der Waals surface area contributed by atoms with Crippen molar-refractivity contribution in [3.8, 4) is 22.8 Å². The van der Waals surface area contributed by atoms with Gasteiger partial charge in [0.1, 0.15) is 13.2 Å². The maximum Gasteiger partial charge on any atom is 0.182 e. The summed E-state index contributed by atoms with van der Waals surface area (Å²) in [5, 5.41) is 5.97. The molecule has 1 aromatic heterocycles. The Morgan fingerprint density at radius 1 is 1.24 bits per heavy atom. The minimum absolute atomic E-state index is 0.606. The number of fused-ring (bicyclic) bond motifs is 1. The van der Waals surface area contributed by atoms with Gasteiger partial charge >= 0.3 is 0 Å². The zero-order chi connectivity index (χ0) is 11.7. The average Bonchev–Trinajstić information content (AvgIpc) is 2.87. The Hall–Kier alpha value is -1.75. The van der Waals surface area contributed by atoms with Gasteiger partial charge in [-0.05, 0) is 18.2 Å². The molecular weight excluding hydrogens is 236 g/mol. The summed E-state index contributed by atoms with van der Waals surface area (Å²) < 4.78 is 11.0. The summed E-state index contributed by atoms with van der Waals surface area (Å²) in [7, 11) is 1.87. The maximum atomic E-state index is 5.55. The van der Waals surface area contributed by atoms with Crippen LogP contribution in [0.5, 0.6) is 11.5 Å². The standard InChI is InChI=1S/C12H12N2O2S/c1-13-12-14-9(7-17-12)8-2-3-10-11(6-8)16-5-4-15-10/h2-3,6-7H,4-5H2,1H3,(H,13,14). The zero-order valence-electron chi connectivity index (χ0n) is 9.40. The molecule has 1 aromatic carbocycles. The fourth-order valence-corrected chi connectivity index (χ4v) is 2.40. The third-order valence-electron chi connectivity index (χ3n) is 2.56. The van der Waals surface area contributed by atoms with Gasteiger partial charge in [0.15, 0.2) is 16.6 Å². The molecule has 0 bridgehead atoms. The molecule has 1 N–H and O–H groups in total. The number of ether oxygens (including phenoxy) is 2. The molecule has 0 saturated carbocycles. The largest absolute Gasteiger partial charge is 0.486 e. The Balaban J connectivity index is 1.97. The van der Waals surface area contributed by atoms with Crippen molar-refractivity contribution in [2.45, 2.75) is 0 Å². The molecule has 0 unspecified atom stereocenters. The van der Waals surface area contributed by atoms with Gasteiger partial charge in [-0.1, -0.05) is 0 Å². The van der Waals surface area contributed by atoms with E-state index in [4.69, 9.17) is 9.47 Å². The van der Waals surface area contributed by atoms with Crippen LogP contribution in [0.1, 0.15) is 0 Å². The lowest BCUT2D eigenvalue weighted by atomic mass is 10.1. The van der Waals surface area contributed by atoms with Gasteiger partial charge in [-0.15, -0.1) is 11.3 Å². The summed E-state index contributed by atoms with van der Waals surface area (Å²) in [6, 6.07) is 5.91. The fraction of sp³-hybridized carbons (Fsp3) is 0.250. The first-order chi connectivity index (χ1) is 8.36. The number of nitrogens with one attached hydrogen (secondary N) is 1. The van der Waals surface area contributed by atoms with Crippen molar-refractivity contribution >= 4 is 16.5 Å². The van der Waals surface area contributed by atoms with Crippen LogP contribution < -0.4 is 14.8 Å². The van der Waals surface area contributed by atoms with Crippen LogP contribution in [0.3, 0.4) is 0 Å². The van der Waals surface area contributed by atoms with Crippen molar-refractivity contribution in [3.05, 3.63) is 23.6 Å². The Labute approximate surface area is 103 Å². The predicted molar refractivity (Wildman–Crippen MR) is 68.1 cm³/mol. The molecule has 0 atom stereocenters. The first kappa shape index (κ1) is 10.4. The predicted octanol–water partition coefficient (Wildman–Crippen LogP) is 2.62. The van der Waals surface area contributed by atoms with Gasteiger partial charge in [0.05, 0.1) is 5.69 Å². The molecule has 0 spiro atoms. The van der Waals surface area contributed by atoms with Gasteiger partial charge in [-0.3, -0.25) is 0 Å². The lowest BCUT2D eigenvalue weighted by Crippen LogP contribution is -2.15. The third-order valence-corrected chi connectivity index (χ3v) is 3.42. The zero-order valence-corrected chi connectivity index (χ0v) is 10.2. The molecule has 3 rings (SSSR count). The van der Waals surface area contributed by atoms with Crippen LogP contribution in [-0.2, 0) is 0 Å². The van der Waals surface area contributed by atoms with Crippen LogP contribution in [-0.4, -0.2) is 25.2 Å². The number of benzene rings is 1. The highest BCUT2D eigenvalue weighted by Gasteiger charge is 2.13. The van der Waals surface area contributed by atoms with E-state index in [9.17, 15) is 0 Å². The summed E-state index contributed by atoms with van der Waals surface area (Å²) in [6.07, 6.45) is 0. The maximum absolute atomic E-state index is 5.55. The molecule has 88 valence electrons. The molecule has 4 nitrogen and oxygen atoms in total. The molecule has 0 fully saturated rings. The Bertz CT molecular complexity index is 539. The van der Waals surface area contributed by atoms with E-state index in [-0.39, 0.29) is 0 Å². The summed E-state index contributed by atoms with van der Waals surface area (Å²) in [4.78, 5) is 4.46. The second-order valence-electron chi connectivity index (χ2n) is 3.65. The molecule has 0 aliphatic carbocycles. The van der Waals surface area contributed by atoms with Crippen LogP contribution in [0, 0.1) is 0 Å². The van der Waals surface area contributed by atoms with Crippen LogP contribution >= 0.6 is 11.3 Å². The van der Waals surface area contributed by atoms with Gasteiger partial charge in [0.25, 0.3) is 0 Å². The molecule has 5 heteroatoms. The number of aromatic nitrogens is 1. The highest BCUT2D eigenvalue weighted by Crippen LogP contribution is 2.35. The highest BCUT2D eigenvalue weighted by atomic mass is 32.1. The molecule has 0 amide bonds. The monoisotopic (exact) mass is 248 g/mol. The van der Waals surface area contributed by atoms with Gasteiger partial charge in [0.2, 0.25) is 0 Å². The number of anilines is 1. The SMILES string of the molecule is CNc1nc(-c2ccc3c(c2)OCCO3)cs1. The Morgan fingerprint density at radius 2 is 2.06 bits per heavy atom. The minimum atomic E-state index is 0.606. The number of hydrogen-bond acceptors (Lipinski definition) is 5. The van der Waals surface area contributed by atoms with Crippen molar-refractivity contribution in [1.82, 2.24) is 4.98 Å². The van der Waals surface area contributed by atoms with Gasteiger partial charge in [0, 0.05) is 18.0 Å². The molecule has 17 heavy (non-hydrogen) atoms. The normalized spacial score (nSPS) is 13.5. The van der Waals surface area contributed by atoms with E-state index in [1.165, 1.54) is 0 Å². The van der Waals surface area contributed by atoms with E-state index in [0.29, 0.717) is 13.2 Å². The van der Waals surface area contributed by atoms with Crippen molar-refractivity contribution in [3.63, 3.8) is 0 Å². The van der Waals surface area contributed by atoms with Crippen LogP contribution in [0.2, 0.25) is 0 Å². The number of thiazole rings is 1. The number of nitrogens with zero attached hydrogens (tertiary/aromatic N) is 1. The van der Waals surface area contributed by atoms with E-state index in [2.05, 4.69) is 10.3 Å². The van der Waals surface area contributed by atoms with E-state index >= 15 is 0 Å². The van der Waals surface area contributed by atoms with Crippen molar-refractivity contribution in [2.24, 2.45) is 0 Å². The first-order valence-corrected chi connectivity index (χ1v) is 6.28. The topological polar surface area (TPSA) is 43.4 Å². The Kier molecular flexibility index (Phi) is 2.60. The smallest absolute Gasteiger partial charge is 0.182 e. The average molecular weight is 248 g/mol. The third kappa shape index (κ3) is 1.93. The van der Waals surface area contributed by atoms with Crippen LogP contribution in [0.25, 0.3) is 11.3 Å². The molecule has 2 heterocycles. The van der Waals surface area contributed by atoms with E-state index in [1.807, 2.05) is 30.6 Å². The van der Waals surface area contributed by atoms with Crippen molar-refractivity contribution < 1.29 is 9.47 Å². The summed E-state index contributed by atoms with van der Waals surface area (Å²) in [6.45, 7) is 1.22. The van der Waals surface area contributed by atoms with Crippen molar-refractivity contribution in [2.75, 3.05) is 25.6 Å². The molecule has 2 aromatic rings. The lowest BCUT2D eigenvalue weighted by molar-refractivity contribution is 0.171. The first-order valence-electron chi connectivity index (χ1n) is 5.40. The second kappa shape index (κ2) is 4.25. The fourth-order valence-electron chi connectivity index (χ4n) is 1.72. The summed E-state index contributed by atoms with van der Waals surface area (Å²) >= 11 is 1.59. The molecule has 0 saturated heterocycles. The highest BCUT2D eigenvalue weighted by molar-refractivity contribution is 7.14. The van der Waals surface area contributed by atoms with Crippen LogP contribution in [0.15, 0.2) is 23.6 Å². The lowest BCUT2D eigenvalue weighted by Gasteiger charge is -2.18. The number of rotatable bonds is 2. The molecule has 1 aliphatic heterocycles. The second-order valence-corrected chi connectivity index (χ2v) is 4.50.